The Morgan fingerprint density at radius 2 is 1.46 bits per heavy atom. The van der Waals surface area contributed by atoms with Crippen LogP contribution in [0.3, 0.4) is 0 Å². The minimum atomic E-state index is -0.424. The summed E-state index contributed by atoms with van der Waals surface area (Å²) in [4.78, 5) is 11.4. The van der Waals surface area contributed by atoms with Gasteiger partial charge in [0.2, 0.25) is 0 Å². The lowest BCUT2D eigenvalue weighted by atomic mass is 9.94. The average Bonchev–Trinajstić information content (AvgIpc) is 2.92. The van der Waals surface area contributed by atoms with Crippen LogP contribution in [0.15, 0.2) is 97.6 Å². The topological polar surface area (TPSA) is 46.5 Å². The van der Waals surface area contributed by atoms with Crippen molar-refractivity contribution in [3.63, 3.8) is 0 Å². The van der Waals surface area contributed by atoms with Crippen molar-refractivity contribution in [3.8, 4) is 33.4 Å². The molecule has 0 amide bonds. The number of carbonyl (C=O) groups is 1. The molecule has 0 aliphatic carbocycles. The van der Waals surface area contributed by atoms with Gasteiger partial charge in [-0.2, -0.15) is 0 Å². The van der Waals surface area contributed by atoms with E-state index < -0.39 is 5.97 Å². The number of esters is 1. The number of hydrogen-bond acceptors (Lipinski definition) is 3. The monoisotopic (exact) mass is 494 g/mol. The summed E-state index contributed by atoms with van der Waals surface area (Å²) in [6, 6.07) is 27.5. The van der Waals surface area contributed by atoms with E-state index in [1.54, 1.807) is 6.07 Å². The van der Waals surface area contributed by atoms with Crippen molar-refractivity contribution >= 4 is 5.97 Å². The van der Waals surface area contributed by atoms with Crippen LogP contribution in [0.4, 0.5) is 4.39 Å². The summed E-state index contributed by atoms with van der Waals surface area (Å²) >= 11 is 0. The molecule has 0 radical (unpaired) electrons. The SMILES string of the molecule is C=CC(=O)OCCc1cc(C)ccc1-c1ccc(-c2ccc(-c3ccc(CCCO)cc3)c(F)c2)cc1. The maximum Gasteiger partial charge on any atom is 0.330 e. The van der Waals surface area contributed by atoms with Crippen molar-refractivity contribution in [2.24, 2.45) is 0 Å². The quantitative estimate of drug-likeness (QED) is 0.185. The zero-order chi connectivity index (χ0) is 26.2. The van der Waals surface area contributed by atoms with E-state index in [-0.39, 0.29) is 19.0 Å². The molecule has 0 unspecified atom stereocenters. The lowest BCUT2D eigenvalue weighted by Crippen LogP contribution is -2.05. The van der Waals surface area contributed by atoms with Crippen molar-refractivity contribution in [1.82, 2.24) is 0 Å². The third-order valence-corrected chi connectivity index (χ3v) is 6.43. The summed E-state index contributed by atoms with van der Waals surface area (Å²) in [5.74, 6) is -0.688. The Kier molecular flexibility index (Phi) is 8.65. The van der Waals surface area contributed by atoms with Crippen molar-refractivity contribution in [2.75, 3.05) is 13.2 Å². The number of halogens is 1. The minimum Gasteiger partial charge on any atom is -0.462 e. The Hall–Kier alpha value is -4.02. The number of ether oxygens (including phenoxy) is 1. The number of aryl methyl sites for hydroxylation is 2. The van der Waals surface area contributed by atoms with Gasteiger partial charge < -0.3 is 9.84 Å². The van der Waals surface area contributed by atoms with Crippen LogP contribution in [0.25, 0.3) is 33.4 Å². The van der Waals surface area contributed by atoms with Gasteiger partial charge in [-0.1, -0.05) is 91.0 Å². The summed E-state index contributed by atoms with van der Waals surface area (Å²) in [5, 5.41) is 9.00. The first-order valence-corrected chi connectivity index (χ1v) is 12.5. The maximum atomic E-state index is 15.1. The molecule has 0 saturated carbocycles. The van der Waals surface area contributed by atoms with E-state index in [2.05, 4.69) is 24.8 Å². The smallest absolute Gasteiger partial charge is 0.330 e. The fourth-order valence-electron chi connectivity index (χ4n) is 4.44. The molecule has 0 heterocycles. The Morgan fingerprint density at radius 3 is 2.14 bits per heavy atom. The average molecular weight is 495 g/mol. The lowest BCUT2D eigenvalue weighted by Gasteiger charge is -2.12. The lowest BCUT2D eigenvalue weighted by molar-refractivity contribution is -0.137. The molecule has 0 spiro atoms. The summed E-state index contributed by atoms with van der Waals surface area (Å²) in [7, 11) is 0. The maximum absolute atomic E-state index is 15.1. The number of carbonyl (C=O) groups excluding carboxylic acids is 1. The van der Waals surface area contributed by atoms with Gasteiger partial charge in [0.15, 0.2) is 0 Å². The van der Waals surface area contributed by atoms with Gasteiger partial charge in [-0.25, -0.2) is 9.18 Å². The molecule has 4 aromatic rings. The molecule has 0 bridgehead atoms. The predicted octanol–water partition coefficient (Wildman–Crippen LogP) is 7.33. The van der Waals surface area contributed by atoms with E-state index in [1.165, 1.54) is 6.08 Å². The van der Waals surface area contributed by atoms with Crippen LogP contribution >= 0.6 is 0 Å². The van der Waals surface area contributed by atoms with Gasteiger partial charge in [0.1, 0.15) is 5.82 Å². The van der Waals surface area contributed by atoms with Crippen molar-refractivity contribution < 1.29 is 19.0 Å². The molecule has 4 rings (SSSR count). The van der Waals surface area contributed by atoms with Crippen molar-refractivity contribution in [2.45, 2.75) is 26.2 Å². The van der Waals surface area contributed by atoms with E-state index in [4.69, 9.17) is 9.84 Å². The number of aliphatic hydroxyl groups is 1. The highest BCUT2D eigenvalue weighted by molar-refractivity contribution is 5.81. The Labute approximate surface area is 217 Å². The van der Waals surface area contributed by atoms with Crippen LogP contribution in [0.1, 0.15) is 23.1 Å². The molecular weight excluding hydrogens is 463 g/mol. The molecule has 0 fully saturated rings. The molecule has 0 saturated heterocycles. The number of aliphatic hydroxyl groups excluding tert-OH is 1. The zero-order valence-corrected chi connectivity index (χ0v) is 21.0. The molecule has 188 valence electrons. The third kappa shape index (κ3) is 6.60. The molecular formula is C33H31FO3. The summed E-state index contributed by atoms with van der Waals surface area (Å²) in [5.41, 5.74) is 8.64. The van der Waals surface area contributed by atoms with Crippen LogP contribution in [0.2, 0.25) is 0 Å². The molecule has 0 aliphatic heterocycles. The van der Waals surface area contributed by atoms with E-state index in [0.717, 1.165) is 57.3 Å². The summed E-state index contributed by atoms with van der Waals surface area (Å²) < 4.78 is 20.3. The molecule has 0 aromatic heterocycles. The van der Waals surface area contributed by atoms with Gasteiger partial charge in [0.25, 0.3) is 0 Å². The summed E-state index contributed by atoms with van der Waals surface area (Å²) in [6.45, 7) is 5.92. The summed E-state index contributed by atoms with van der Waals surface area (Å²) in [6.07, 6.45) is 3.30. The van der Waals surface area contributed by atoms with Crippen LogP contribution in [-0.2, 0) is 22.4 Å². The zero-order valence-electron chi connectivity index (χ0n) is 21.0. The van der Waals surface area contributed by atoms with E-state index >= 15 is 4.39 Å². The fraction of sp³-hybridized carbons (Fsp3) is 0.182. The Balaban J connectivity index is 1.52. The first-order chi connectivity index (χ1) is 18.0. The number of hydrogen-bond donors (Lipinski definition) is 1. The van der Waals surface area contributed by atoms with Crippen LogP contribution in [0.5, 0.6) is 0 Å². The molecule has 37 heavy (non-hydrogen) atoms. The fourth-order valence-corrected chi connectivity index (χ4v) is 4.44. The van der Waals surface area contributed by atoms with Gasteiger partial charge in [-0.15, -0.1) is 0 Å². The Morgan fingerprint density at radius 1 is 0.838 bits per heavy atom. The van der Waals surface area contributed by atoms with Crippen molar-refractivity contribution in [3.05, 3.63) is 120 Å². The molecule has 0 aliphatic rings. The highest BCUT2D eigenvalue weighted by Crippen LogP contribution is 2.31. The van der Waals surface area contributed by atoms with Crippen LogP contribution in [-0.4, -0.2) is 24.3 Å². The second-order valence-electron chi connectivity index (χ2n) is 9.08. The minimum absolute atomic E-state index is 0.165. The van der Waals surface area contributed by atoms with Gasteiger partial charge >= 0.3 is 5.97 Å². The highest BCUT2D eigenvalue weighted by atomic mass is 19.1. The second-order valence-corrected chi connectivity index (χ2v) is 9.08. The number of rotatable bonds is 10. The molecule has 0 atom stereocenters. The first kappa shape index (κ1) is 26.1. The Bertz CT molecular complexity index is 1370. The normalized spacial score (nSPS) is 10.8. The predicted molar refractivity (Wildman–Crippen MR) is 148 cm³/mol. The van der Waals surface area contributed by atoms with Gasteiger partial charge in [0, 0.05) is 24.7 Å². The van der Waals surface area contributed by atoms with Crippen LogP contribution in [0, 0.1) is 12.7 Å². The molecule has 4 aromatic carbocycles. The first-order valence-electron chi connectivity index (χ1n) is 12.5. The van der Waals surface area contributed by atoms with E-state index in [1.807, 2.05) is 67.6 Å². The van der Waals surface area contributed by atoms with Crippen LogP contribution < -0.4 is 0 Å². The van der Waals surface area contributed by atoms with E-state index in [0.29, 0.717) is 12.0 Å². The van der Waals surface area contributed by atoms with Gasteiger partial charge in [-0.3, -0.25) is 0 Å². The second kappa shape index (κ2) is 12.3. The molecule has 4 heteroatoms. The van der Waals surface area contributed by atoms with Gasteiger partial charge in [-0.05, 0) is 64.8 Å². The largest absolute Gasteiger partial charge is 0.462 e. The van der Waals surface area contributed by atoms with Crippen molar-refractivity contribution in [1.29, 1.82) is 0 Å². The van der Waals surface area contributed by atoms with E-state index in [9.17, 15) is 4.79 Å². The van der Waals surface area contributed by atoms with Gasteiger partial charge in [0.05, 0.1) is 6.61 Å². The molecule has 1 N–H and O–H groups in total. The third-order valence-electron chi connectivity index (χ3n) is 6.43. The molecule has 3 nitrogen and oxygen atoms in total. The highest BCUT2D eigenvalue weighted by Gasteiger charge is 2.10. The number of benzene rings is 4. The standard InChI is InChI=1S/C33H31FO3/c1-3-33(36)37-20-18-29-21-23(2)6-16-30(29)26-13-11-25(12-14-26)28-15-17-31(32(34)22-28)27-9-7-24(8-10-27)5-4-19-35/h3,6-17,21-22,35H,1,4-5,18-20H2,2H3.